The first-order chi connectivity index (χ1) is 17.8. The fourth-order valence-corrected chi connectivity index (χ4v) is 4.95. The number of halogens is 2. The van der Waals surface area contributed by atoms with Crippen LogP contribution in [0.15, 0.2) is 48.7 Å². The largest absolute Gasteiger partial charge is 0.383 e. The third-order valence-corrected chi connectivity index (χ3v) is 6.91. The maximum Gasteiger partial charge on any atom is 0.243 e. The number of para-hydroxylation sites is 1. The zero-order chi connectivity index (χ0) is 26.5. The van der Waals surface area contributed by atoms with E-state index in [0.29, 0.717) is 31.7 Å². The zero-order valence-corrected chi connectivity index (χ0v) is 21.6. The zero-order valence-electron chi connectivity index (χ0n) is 20.8. The average molecular weight is 529 g/mol. The smallest absolute Gasteiger partial charge is 0.243 e. The number of benzene rings is 2. The lowest BCUT2D eigenvalue weighted by Gasteiger charge is -2.24. The number of methoxy groups -OCH3 is 1. The van der Waals surface area contributed by atoms with E-state index >= 15 is 0 Å². The lowest BCUT2D eigenvalue weighted by Crippen LogP contribution is -2.46. The maximum atomic E-state index is 14.3. The Morgan fingerprint density at radius 3 is 2.70 bits per heavy atom. The molecule has 2 N–H and O–H groups in total. The normalized spacial score (nSPS) is 17.4. The summed E-state index contributed by atoms with van der Waals surface area (Å²) in [6.07, 6.45) is 2.09. The van der Waals surface area contributed by atoms with Crippen LogP contribution in [-0.4, -0.2) is 66.0 Å². The van der Waals surface area contributed by atoms with E-state index in [-0.39, 0.29) is 47.3 Å². The van der Waals surface area contributed by atoms with E-state index in [1.54, 1.807) is 34.9 Å². The molecule has 2 amide bonds. The highest BCUT2D eigenvalue weighted by atomic mass is 35.5. The number of Topliss-reactive ketones (excluding diaryl/α,β-unsaturated/α-hetero) is 1. The molecular weight excluding hydrogens is 499 g/mol. The number of carbonyl (C=O) groups is 3. The molecule has 0 radical (unpaired) electrons. The molecule has 0 aliphatic carbocycles. The molecule has 8 nitrogen and oxygen atoms in total. The summed E-state index contributed by atoms with van der Waals surface area (Å²) in [5.74, 6) is -1.29. The predicted molar refractivity (Wildman–Crippen MR) is 139 cm³/mol. The van der Waals surface area contributed by atoms with Crippen molar-refractivity contribution in [2.24, 2.45) is 0 Å². The van der Waals surface area contributed by atoms with Crippen LogP contribution in [0.4, 0.5) is 4.39 Å². The molecule has 2 heterocycles. The fourth-order valence-electron chi connectivity index (χ4n) is 4.75. The molecule has 4 rings (SSSR count). The number of hydrogen-bond acceptors (Lipinski definition) is 5. The van der Waals surface area contributed by atoms with Gasteiger partial charge in [-0.1, -0.05) is 41.9 Å². The van der Waals surface area contributed by atoms with Crippen molar-refractivity contribution in [2.45, 2.75) is 38.5 Å². The number of nitrogens with one attached hydrogen (secondary N) is 2. The highest BCUT2D eigenvalue weighted by Crippen LogP contribution is 2.24. The number of ketones is 1. The lowest BCUT2D eigenvalue weighted by molar-refractivity contribution is -0.138. The molecule has 37 heavy (non-hydrogen) atoms. The first-order valence-corrected chi connectivity index (χ1v) is 12.5. The van der Waals surface area contributed by atoms with Crippen molar-refractivity contribution < 1.29 is 23.5 Å². The van der Waals surface area contributed by atoms with Crippen LogP contribution in [0.25, 0.3) is 10.9 Å². The van der Waals surface area contributed by atoms with Gasteiger partial charge >= 0.3 is 0 Å². The topological polar surface area (TPSA) is 92.7 Å². The molecule has 196 valence electrons. The van der Waals surface area contributed by atoms with Gasteiger partial charge in [-0.15, -0.1) is 0 Å². The van der Waals surface area contributed by atoms with Gasteiger partial charge < -0.3 is 24.8 Å². The van der Waals surface area contributed by atoms with E-state index in [0.717, 1.165) is 10.9 Å². The molecule has 2 atom stereocenters. The van der Waals surface area contributed by atoms with Crippen LogP contribution in [0, 0.1) is 5.82 Å². The minimum Gasteiger partial charge on any atom is -0.383 e. The SMILES string of the molecule is COCCNC1CC(C(=O)NCc2cccc(Cl)c2F)N(C(=O)Cn2cc(C(C)=O)c3ccccc32)C1. The Morgan fingerprint density at radius 1 is 1.16 bits per heavy atom. The molecule has 10 heteroatoms. The summed E-state index contributed by atoms with van der Waals surface area (Å²) in [6.45, 7) is 2.84. The van der Waals surface area contributed by atoms with Crippen LogP contribution in [0.2, 0.25) is 5.02 Å². The number of carbonyl (C=O) groups excluding carboxylic acids is 3. The molecule has 1 fully saturated rings. The summed E-state index contributed by atoms with van der Waals surface area (Å²) in [4.78, 5) is 40.4. The Hall–Kier alpha value is -3.27. The number of fused-ring (bicyclic) bond motifs is 1. The summed E-state index contributed by atoms with van der Waals surface area (Å²) in [6, 6.07) is 11.2. The maximum absolute atomic E-state index is 14.3. The van der Waals surface area contributed by atoms with E-state index in [2.05, 4.69) is 10.6 Å². The van der Waals surface area contributed by atoms with Gasteiger partial charge in [-0.2, -0.15) is 0 Å². The van der Waals surface area contributed by atoms with Gasteiger partial charge in [0.25, 0.3) is 0 Å². The van der Waals surface area contributed by atoms with Gasteiger partial charge in [0.2, 0.25) is 11.8 Å². The van der Waals surface area contributed by atoms with Crippen LogP contribution in [0.5, 0.6) is 0 Å². The number of amides is 2. The van der Waals surface area contributed by atoms with Crippen LogP contribution in [0.3, 0.4) is 0 Å². The number of aromatic nitrogens is 1. The third-order valence-electron chi connectivity index (χ3n) is 6.62. The van der Waals surface area contributed by atoms with Gasteiger partial charge in [0.15, 0.2) is 5.78 Å². The highest BCUT2D eigenvalue weighted by molar-refractivity contribution is 6.30. The molecule has 3 aromatic rings. The number of rotatable bonds is 10. The third kappa shape index (κ3) is 6.01. The molecular formula is C27H30ClFN4O4. The Kier molecular flexibility index (Phi) is 8.58. The first kappa shape index (κ1) is 26.8. The monoisotopic (exact) mass is 528 g/mol. The van der Waals surface area contributed by atoms with E-state index in [4.69, 9.17) is 16.3 Å². The quantitative estimate of drug-likeness (QED) is 0.311. The Bertz CT molecular complexity index is 1310. The highest BCUT2D eigenvalue weighted by Gasteiger charge is 2.39. The van der Waals surface area contributed by atoms with Gasteiger partial charge in [-0.25, -0.2) is 4.39 Å². The predicted octanol–water partition coefficient (Wildman–Crippen LogP) is 3.16. The molecule has 2 aromatic carbocycles. The van der Waals surface area contributed by atoms with Crippen LogP contribution in [-0.2, 0) is 27.4 Å². The lowest BCUT2D eigenvalue weighted by atomic mass is 10.1. The van der Waals surface area contributed by atoms with Crippen molar-refractivity contribution in [1.82, 2.24) is 20.1 Å². The second kappa shape index (κ2) is 11.9. The van der Waals surface area contributed by atoms with Gasteiger partial charge in [-0.05, 0) is 25.5 Å². The Morgan fingerprint density at radius 2 is 1.95 bits per heavy atom. The van der Waals surface area contributed by atoms with Crippen molar-refractivity contribution in [2.75, 3.05) is 26.8 Å². The van der Waals surface area contributed by atoms with Crippen molar-refractivity contribution in [3.05, 3.63) is 70.6 Å². The summed E-state index contributed by atoms with van der Waals surface area (Å²) in [5.41, 5.74) is 1.58. The van der Waals surface area contributed by atoms with Crippen molar-refractivity contribution >= 4 is 40.1 Å². The molecule has 2 unspecified atom stereocenters. The van der Waals surface area contributed by atoms with Crippen molar-refractivity contribution in [3.63, 3.8) is 0 Å². The number of hydrogen-bond donors (Lipinski definition) is 2. The van der Waals surface area contributed by atoms with Crippen molar-refractivity contribution in [3.8, 4) is 0 Å². The van der Waals surface area contributed by atoms with E-state index in [9.17, 15) is 18.8 Å². The molecule has 1 aliphatic rings. The molecule has 1 saturated heterocycles. The van der Waals surface area contributed by atoms with E-state index in [1.165, 1.54) is 13.0 Å². The first-order valence-electron chi connectivity index (χ1n) is 12.1. The summed E-state index contributed by atoms with van der Waals surface area (Å²) in [7, 11) is 1.61. The molecule has 0 saturated carbocycles. The molecule has 0 spiro atoms. The van der Waals surface area contributed by atoms with Gasteiger partial charge in [0, 0.05) is 61.0 Å². The second-order valence-corrected chi connectivity index (χ2v) is 9.52. The van der Waals surface area contributed by atoms with Crippen LogP contribution >= 0.6 is 11.6 Å². The Labute approximate surface area is 219 Å². The number of likely N-dealkylation sites (tertiary alicyclic amines) is 1. The van der Waals surface area contributed by atoms with Gasteiger partial charge in [0.05, 0.1) is 11.6 Å². The minimum atomic E-state index is -0.733. The van der Waals surface area contributed by atoms with Gasteiger partial charge in [-0.3, -0.25) is 14.4 Å². The second-order valence-electron chi connectivity index (χ2n) is 9.12. The number of nitrogens with zero attached hydrogens (tertiary/aromatic N) is 2. The number of ether oxygens (including phenoxy) is 1. The molecule has 1 aliphatic heterocycles. The van der Waals surface area contributed by atoms with Crippen molar-refractivity contribution in [1.29, 1.82) is 0 Å². The van der Waals surface area contributed by atoms with E-state index in [1.807, 2.05) is 24.3 Å². The summed E-state index contributed by atoms with van der Waals surface area (Å²) < 4.78 is 21.1. The standard InChI is InChI=1S/C27H30ClFN4O4/c1-17(34)21-15-32(23-9-4-3-7-20(21)23)16-25(35)33-14-19(30-10-11-37-2)12-24(33)27(36)31-13-18-6-5-8-22(28)26(18)29/h3-9,15,19,24,30H,10-14,16H2,1-2H3,(H,31,36). The molecule has 0 bridgehead atoms. The van der Waals surface area contributed by atoms with E-state index < -0.39 is 11.9 Å². The van der Waals surface area contributed by atoms with Crippen LogP contribution < -0.4 is 10.6 Å². The molecule has 1 aromatic heterocycles. The van der Waals surface area contributed by atoms with Crippen LogP contribution in [0.1, 0.15) is 29.3 Å². The Balaban J connectivity index is 1.52. The fraction of sp³-hybridized carbons (Fsp3) is 0.370. The van der Waals surface area contributed by atoms with Gasteiger partial charge in [0.1, 0.15) is 18.4 Å². The summed E-state index contributed by atoms with van der Waals surface area (Å²) in [5, 5.41) is 6.85. The summed E-state index contributed by atoms with van der Waals surface area (Å²) >= 11 is 5.86. The average Bonchev–Trinajstić information content (AvgIpc) is 3.47. The minimum absolute atomic E-state index is 0.0179.